The van der Waals surface area contributed by atoms with E-state index >= 15 is 0 Å². The SMILES string of the molecule is CN(Cc1cccs1)C(=O)Nc1ccc(C(=O)O)cc1F. The van der Waals surface area contributed by atoms with Crippen molar-refractivity contribution in [1.82, 2.24) is 4.90 Å². The Labute approximate surface area is 124 Å². The van der Waals surface area contributed by atoms with Crippen molar-refractivity contribution in [2.75, 3.05) is 12.4 Å². The van der Waals surface area contributed by atoms with Gasteiger partial charge in [0.1, 0.15) is 5.82 Å². The Balaban J connectivity index is 2.03. The third kappa shape index (κ3) is 3.79. The second kappa shape index (κ2) is 6.36. The minimum atomic E-state index is -1.22. The molecule has 1 aromatic heterocycles. The van der Waals surface area contributed by atoms with Crippen molar-refractivity contribution in [3.05, 3.63) is 52.0 Å². The quantitative estimate of drug-likeness (QED) is 0.911. The Morgan fingerprint density at radius 1 is 1.38 bits per heavy atom. The number of aromatic carboxylic acids is 1. The van der Waals surface area contributed by atoms with E-state index in [0.29, 0.717) is 6.54 Å². The fourth-order valence-corrected chi connectivity index (χ4v) is 2.43. The van der Waals surface area contributed by atoms with E-state index in [2.05, 4.69) is 5.32 Å². The maximum atomic E-state index is 13.7. The second-order valence-electron chi connectivity index (χ2n) is 4.37. The van der Waals surface area contributed by atoms with Crippen LogP contribution in [-0.4, -0.2) is 29.1 Å². The number of carboxylic acid groups (broad SMARTS) is 1. The Hall–Kier alpha value is -2.41. The molecule has 0 saturated heterocycles. The number of carbonyl (C=O) groups is 2. The molecule has 0 bridgehead atoms. The third-order valence-corrected chi connectivity index (χ3v) is 3.64. The van der Waals surface area contributed by atoms with E-state index in [1.807, 2.05) is 17.5 Å². The van der Waals surface area contributed by atoms with Crippen LogP contribution in [0.1, 0.15) is 15.2 Å². The van der Waals surface area contributed by atoms with Crippen molar-refractivity contribution in [2.45, 2.75) is 6.54 Å². The first kappa shape index (κ1) is 15.0. The Morgan fingerprint density at radius 2 is 2.14 bits per heavy atom. The lowest BCUT2D eigenvalue weighted by molar-refractivity contribution is 0.0696. The molecule has 0 spiro atoms. The van der Waals surface area contributed by atoms with E-state index in [1.54, 1.807) is 7.05 Å². The third-order valence-electron chi connectivity index (χ3n) is 2.78. The molecule has 2 rings (SSSR count). The van der Waals surface area contributed by atoms with Crippen LogP contribution in [0.4, 0.5) is 14.9 Å². The van der Waals surface area contributed by atoms with Crippen LogP contribution < -0.4 is 5.32 Å². The molecule has 1 heterocycles. The number of carbonyl (C=O) groups excluding carboxylic acids is 1. The zero-order valence-electron chi connectivity index (χ0n) is 11.2. The number of thiophene rings is 1. The molecule has 2 N–H and O–H groups in total. The van der Waals surface area contributed by atoms with Crippen LogP contribution in [0, 0.1) is 5.82 Å². The van der Waals surface area contributed by atoms with Gasteiger partial charge in [-0.25, -0.2) is 14.0 Å². The molecule has 0 atom stereocenters. The Morgan fingerprint density at radius 3 is 2.71 bits per heavy atom. The number of benzene rings is 1. The summed E-state index contributed by atoms with van der Waals surface area (Å²) < 4.78 is 13.7. The van der Waals surface area contributed by atoms with Gasteiger partial charge in [0.25, 0.3) is 0 Å². The number of anilines is 1. The Bertz CT molecular complexity index is 658. The number of urea groups is 1. The van der Waals surface area contributed by atoms with E-state index in [-0.39, 0.29) is 11.3 Å². The highest BCUT2D eigenvalue weighted by Crippen LogP contribution is 2.17. The molecule has 0 unspecified atom stereocenters. The molecule has 7 heteroatoms. The predicted molar refractivity (Wildman–Crippen MR) is 78.2 cm³/mol. The van der Waals surface area contributed by atoms with E-state index in [1.165, 1.54) is 28.4 Å². The maximum Gasteiger partial charge on any atom is 0.335 e. The molecule has 21 heavy (non-hydrogen) atoms. The number of hydrogen-bond acceptors (Lipinski definition) is 3. The summed E-state index contributed by atoms with van der Waals surface area (Å²) in [4.78, 5) is 25.1. The van der Waals surface area contributed by atoms with Crippen LogP contribution in [0.2, 0.25) is 0 Å². The minimum absolute atomic E-state index is 0.0528. The van der Waals surface area contributed by atoms with E-state index < -0.39 is 17.8 Å². The van der Waals surface area contributed by atoms with Crippen molar-refractivity contribution in [3.8, 4) is 0 Å². The molecule has 0 aliphatic rings. The number of amides is 2. The summed E-state index contributed by atoms with van der Waals surface area (Å²) in [6.07, 6.45) is 0. The summed E-state index contributed by atoms with van der Waals surface area (Å²) in [7, 11) is 1.60. The number of nitrogens with one attached hydrogen (secondary N) is 1. The van der Waals surface area contributed by atoms with Gasteiger partial charge in [0.15, 0.2) is 0 Å². The van der Waals surface area contributed by atoms with Gasteiger partial charge in [-0.1, -0.05) is 6.07 Å². The highest BCUT2D eigenvalue weighted by molar-refractivity contribution is 7.09. The van der Waals surface area contributed by atoms with Gasteiger partial charge < -0.3 is 15.3 Å². The number of rotatable bonds is 4. The fourth-order valence-electron chi connectivity index (χ4n) is 1.67. The minimum Gasteiger partial charge on any atom is -0.478 e. The summed E-state index contributed by atoms with van der Waals surface area (Å²) in [6.45, 7) is 0.415. The molecule has 2 amide bonds. The van der Waals surface area contributed by atoms with Crippen LogP contribution in [-0.2, 0) is 6.54 Å². The van der Waals surface area contributed by atoms with Crippen LogP contribution >= 0.6 is 11.3 Å². The Kier molecular flexibility index (Phi) is 4.54. The molecule has 1 aromatic carbocycles. The van der Waals surface area contributed by atoms with Crippen molar-refractivity contribution in [2.24, 2.45) is 0 Å². The lowest BCUT2D eigenvalue weighted by atomic mass is 10.2. The number of nitrogens with zero attached hydrogens (tertiary/aromatic N) is 1. The van der Waals surface area contributed by atoms with Crippen LogP contribution in [0.25, 0.3) is 0 Å². The molecule has 5 nitrogen and oxygen atoms in total. The van der Waals surface area contributed by atoms with Crippen LogP contribution in [0.5, 0.6) is 0 Å². The molecule has 0 fully saturated rings. The van der Waals surface area contributed by atoms with Gasteiger partial charge in [0.05, 0.1) is 17.8 Å². The highest BCUT2D eigenvalue weighted by Gasteiger charge is 2.14. The van der Waals surface area contributed by atoms with Gasteiger partial charge in [-0.15, -0.1) is 11.3 Å². The van der Waals surface area contributed by atoms with Crippen LogP contribution in [0.3, 0.4) is 0 Å². The molecule has 0 radical (unpaired) electrons. The zero-order valence-corrected chi connectivity index (χ0v) is 12.0. The summed E-state index contributed by atoms with van der Waals surface area (Å²) >= 11 is 1.52. The lowest BCUT2D eigenvalue weighted by Crippen LogP contribution is -2.30. The number of hydrogen-bond donors (Lipinski definition) is 2. The van der Waals surface area contributed by atoms with Crippen molar-refractivity contribution < 1.29 is 19.1 Å². The molecular weight excluding hydrogens is 295 g/mol. The fraction of sp³-hybridized carbons (Fsp3) is 0.143. The molecule has 0 aliphatic heterocycles. The molecule has 110 valence electrons. The summed E-state index contributed by atoms with van der Waals surface area (Å²) in [5, 5.41) is 13.1. The maximum absolute atomic E-state index is 13.7. The van der Waals surface area contributed by atoms with Gasteiger partial charge in [-0.2, -0.15) is 0 Å². The van der Waals surface area contributed by atoms with Crippen molar-refractivity contribution >= 4 is 29.0 Å². The normalized spacial score (nSPS) is 10.2. The average Bonchev–Trinajstić information content (AvgIpc) is 2.93. The molecule has 0 aliphatic carbocycles. The van der Waals surface area contributed by atoms with Crippen molar-refractivity contribution in [1.29, 1.82) is 0 Å². The van der Waals surface area contributed by atoms with E-state index in [4.69, 9.17) is 5.11 Å². The van der Waals surface area contributed by atoms with E-state index in [0.717, 1.165) is 10.9 Å². The summed E-state index contributed by atoms with van der Waals surface area (Å²) in [5.74, 6) is -2.01. The van der Waals surface area contributed by atoms with E-state index in [9.17, 15) is 14.0 Å². The second-order valence-corrected chi connectivity index (χ2v) is 5.40. The first-order chi connectivity index (χ1) is 9.97. The predicted octanol–water partition coefficient (Wildman–Crippen LogP) is 3.25. The number of halogens is 1. The van der Waals surface area contributed by atoms with Gasteiger partial charge >= 0.3 is 12.0 Å². The first-order valence-corrected chi connectivity index (χ1v) is 6.92. The zero-order chi connectivity index (χ0) is 15.4. The molecule has 2 aromatic rings. The average molecular weight is 308 g/mol. The van der Waals surface area contributed by atoms with Gasteiger partial charge in [0, 0.05) is 11.9 Å². The number of carboxylic acids is 1. The standard InChI is InChI=1S/C14H13FN2O3S/c1-17(8-10-3-2-6-21-10)14(20)16-12-5-4-9(13(18)19)7-11(12)15/h2-7H,8H2,1H3,(H,16,20)(H,18,19). The summed E-state index contributed by atoms with van der Waals surface area (Å²) in [5.41, 5.74) is -0.222. The topological polar surface area (TPSA) is 69.6 Å². The lowest BCUT2D eigenvalue weighted by Gasteiger charge is -2.17. The van der Waals surface area contributed by atoms with Gasteiger partial charge in [-0.3, -0.25) is 0 Å². The van der Waals surface area contributed by atoms with Crippen LogP contribution in [0.15, 0.2) is 35.7 Å². The smallest absolute Gasteiger partial charge is 0.335 e. The highest BCUT2D eigenvalue weighted by atomic mass is 32.1. The summed E-state index contributed by atoms with van der Waals surface area (Å²) in [6, 6.07) is 6.66. The largest absolute Gasteiger partial charge is 0.478 e. The van der Waals surface area contributed by atoms with Crippen molar-refractivity contribution in [3.63, 3.8) is 0 Å². The molecule has 0 saturated carbocycles. The first-order valence-electron chi connectivity index (χ1n) is 6.04. The van der Waals surface area contributed by atoms with Gasteiger partial charge in [-0.05, 0) is 29.6 Å². The molecular formula is C14H13FN2O3S. The monoisotopic (exact) mass is 308 g/mol. The van der Waals surface area contributed by atoms with Gasteiger partial charge in [0.2, 0.25) is 0 Å².